The van der Waals surface area contributed by atoms with Gasteiger partial charge in [0.2, 0.25) is 0 Å². The quantitative estimate of drug-likeness (QED) is 0.796. The lowest BCUT2D eigenvalue weighted by Gasteiger charge is -2.35. The van der Waals surface area contributed by atoms with Crippen LogP contribution in [0.4, 0.5) is 0 Å². The first-order valence-corrected chi connectivity index (χ1v) is 7.69. The van der Waals surface area contributed by atoms with E-state index in [4.69, 9.17) is 0 Å². The molecule has 1 N–H and O–H groups in total. The first-order valence-electron chi connectivity index (χ1n) is 7.69. The Morgan fingerprint density at radius 2 is 1.94 bits per heavy atom. The molecule has 2 nitrogen and oxygen atoms in total. The molecule has 2 fully saturated rings. The van der Waals surface area contributed by atoms with Gasteiger partial charge in [-0.25, -0.2) is 0 Å². The van der Waals surface area contributed by atoms with Gasteiger partial charge >= 0.3 is 0 Å². The van der Waals surface area contributed by atoms with Gasteiger partial charge in [-0.05, 0) is 63.6 Å². The lowest BCUT2D eigenvalue weighted by atomic mass is 9.96. The molecule has 0 amide bonds. The van der Waals surface area contributed by atoms with Gasteiger partial charge in [0, 0.05) is 12.1 Å². The molecule has 1 aliphatic heterocycles. The standard InChI is InChI=1S/C15H30N2/c1-4-14-8-11-17(10-5-9-16-14)15-7-6-12(2)13(15)3/h12-16H,4-11H2,1-3H3. The number of rotatable bonds is 2. The van der Waals surface area contributed by atoms with Gasteiger partial charge in [-0.2, -0.15) is 0 Å². The Morgan fingerprint density at radius 3 is 2.59 bits per heavy atom. The number of nitrogens with one attached hydrogen (secondary N) is 1. The van der Waals surface area contributed by atoms with Crippen LogP contribution in [0.3, 0.4) is 0 Å². The van der Waals surface area contributed by atoms with Crippen LogP contribution in [0.2, 0.25) is 0 Å². The highest BCUT2D eigenvalue weighted by atomic mass is 15.2. The van der Waals surface area contributed by atoms with Gasteiger partial charge in [-0.3, -0.25) is 0 Å². The zero-order valence-corrected chi connectivity index (χ0v) is 11.9. The minimum absolute atomic E-state index is 0.756. The Balaban J connectivity index is 1.90. The molecular formula is C15H30N2. The molecule has 1 heterocycles. The summed E-state index contributed by atoms with van der Waals surface area (Å²) in [5.74, 6) is 1.84. The van der Waals surface area contributed by atoms with E-state index >= 15 is 0 Å². The molecule has 17 heavy (non-hydrogen) atoms. The van der Waals surface area contributed by atoms with E-state index < -0.39 is 0 Å². The van der Waals surface area contributed by atoms with E-state index in [9.17, 15) is 0 Å². The molecule has 0 bridgehead atoms. The van der Waals surface area contributed by atoms with E-state index in [0.717, 1.165) is 23.9 Å². The summed E-state index contributed by atoms with van der Waals surface area (Å²) in [4.78, 5) is 2.80. The first kappa shape index (κ1) is 13.4. The first-order chi connectivity index (χ1) is 8.22. The average Bonchev–Trinajstić information content (AvgIpc) is 2.61. The Labute approximate surface area is 107 Å². The molecule has 1 aliphatic carbocycles. The number of hydrogen-bond donors (Lipinski definition) is 1. The lowest BCUT2D eigenvalue weighted by molar-refractivity contribution is 0.137. The molecule has 4 unspecified atom stereocenters. The summed E-state index contributed by atoms with van der Waals surface area (Å²) < 4.78 is 0. The van der Waals surface area contributed by atoms with Crippen molar-refractivity contribution in [2.24, 2.45) is 11.8 Å². The highest BCUT2D eigenvalue weighted by molar-refractivity contribution is 4.88. The van der Waals surface area contributed by atoms with Crippen molar-refractivity contribution in [2.75, 3.05) is 19.6 Å². The van der Waals surface area contributed by atoms with E-state index in [1.807, 2.05) is 0 Å². The molecule has 100 valence electrons. The fourth-order valence-electron chi connectivity index (χ4n) is 3.66. The topological polar surface area (TPSA) is 15.3 Å². The molecule has 2 rings (SSSR count). The molecule has 1 saturated carbocycles. The fraction of sp³-hybridized carbons (Fsp3) is 1.00. The smallest absolute Gasteiger partial charge is 0.0123 e. The maximum Gasteiger partial charge on any atom is 0.0123 e. The maximum absolute atomic E-state index is 3.68. The van der Waals surface area contributed by atoms with E-state index in [0.29, 0.717) is 0 Å². The predicted molar refractivity (Wildman–Crippen MR) is 74.2 cm³/mol. The van der Waals surface area contributed by atoms with Gasteiger partial charge in [0.25, 0.3) is 0 Å². The van der Waals surface area contributed by atoms with Crippen LogP contribution in [-0.2, 0) is 0 Å². The predicted octanol–water partition coefficient (Wildman–Crippen LogP) is 2.89. The molecule has 1 saturated heterocycles. The summed E-state index contributed by atoms with van der Waals surface area (Å²) in [6.45, 7) is 11.1. The van der Waals surface area contributed by atoms with Crippen LogP contribution in [0.15, 0.2) is 0 Å². The molecule has 0 aromatic rings. The van der Waals surface area contributed by atoms with Crippen molar-refractivity contribution >= 4 is 0 Å². The Kier molecular flexibility index (Phi) is 4.87. The van der Waals surface area contributed by atoms with Gasteiger partial charge in [0.1, 0.15) is 0 Å². The summed E-state index contributed by atoms with van der Waals surface area (Å²) >= 11 is 0. The van der Waals surface area contributed by atoms with Crippen LogP contribution < -0.4 is 5.32 Å². The second-order valence-electron chi connectivity index (χ2n) is 6.22. The summed E-state index contributed by atoms with van der Waals surface area (Å²) in [6.07, 6.45) is 6.83. The Bertz CT molecular complexity index is 229. The molecule has 0 spiro atoms. The van der Waals surface area contributed by atoms with Gasteiger partial charge < -0.3 is 10.2 Å². The molecule has 2 aliphatic rings. The lowest BCUT2D eigenvalue weighted by Crippen LogP contribution is -2.45. The van der Waals surface area contributed by atoms with Crippen molar-refractivity contribution in [3.05, 3.63) is 0 Å². The molecular weight excluding hydrogens is 208 g/mol. The highest BCUT2D eigenvalue weighted by Gasteiger charge is 2.33. The van der Waals surface area contributed by atoms with Crippen molar-refractivity contribution in [1.82, 2.24) is 10.2 Å². The van der Waals surface area contributed by atoms with Gasteiger partial charge in [-0.1, -0.05) is 20.8 Å². The monoisotopic (exact) mass is 238 g/mol. The summed E-state index contributed by atoms with van der Waals surface area (Å²) in [5.41, 5.74) is 0. The number of nitrogens with zero attached hydrogens (tertiary/aromatic N) is 1. The average molecular weight is 238 g/mol. The van der Waals surface area contributed by atoms with Gasteiger partial charge in [0.15, 0.2) is 0 Å². The summed E-state index contributed by atoms with van der Waals surface area (Å²) in [5, 5.41) is 3.68. The second kappa shape index (κ2) is 6.19. The zero-order valence-electron chi connectivity index (χ0n) is 11.9. The Hall–Kier alpha value is -0.0800. The molecule has 2 heteroatoms. The second-order valence-corrected chi connectivity index (χ2v) is 6.22. The summed E-state index contributed by atoms with van der Waals surface area (Å²) in [6, 6.07) is 1.63. The van der Waals surface area contributed by atoms with Crippen LogP contribution >= 0.6 is 0 Å². The van der Waals surface area contributed by atoms with E-state index in [1.165, 1.54) is 51.7 Å². The molecule has 0 aromatic heterocycles. The third-order valence-corrected chi connectivity index (χ3v) is 5.20. The molecule has 4 atom stereocenters. The van der Waals surface area contributed by atoms with E-state index in [-0.39, 0.29) is 0 Å². The molecule has 0 aromatic carbocycles. The fourth-order valence-corrected chi connectivity index (χ4v) is 3.66. The maximum atomic E-state index is 3.68. The third kappa shape index (κ3) is 3.23. The SMILES string of the molecule is CCC1CCN(C2CCC(C)C2C)CCCN1. The highest BCUT2D eigenvalue weighted by Crippen LogP contribution is 2.35. The summed E-state index contributed by atoms with van der Waals surface area (Å²) in [7, 11) is 0. The van der Waals surface area contributed by atoms with Crippen LogP contribution in [-0.4, -0.2) is 36.6 Å². The Morgan fingerprint density at radius 1 is 1.12 bits per heavy atom. The van der Waals surface area contributed by atoms with Crippen LogP contribution in [0.5, 0.6) is 0 Å². The molecule has 0 radical (unpaired) electrons. The van der Waals surface area contributed by atoms with Crippen LogP contribution in [0.1, 0.15) is 52.9 Å². The van der Waals surface area contributed by atoms with Crippen molar-refractivity contribution in [1.29, 1.82) is 0 Å². The van der Waals surface area contributed by atoms with Crippen molar-refractivity contribution in [3.63, 3.8) is 0 Å². The van der Waals surface area contributed by atoms with Crippen LogP contribution in [0.25, 0.3) is 0 Å². The van der Waals surface area contributed by atoms with Crippen molar-refractivity contribution in [3.8, 4) is 0 Å². The van der Waals surface area contributed by atoms with Crippen molar-refractivity contribution in [2.45, 2.75) is 65.0 Å². The van der Waals surface area contributed by atoms with Gasteiger partial charge in [0.05, 0.1) is 0 Å². The normalized spacial score (nSPS) is 41.1. The van der Waals surface area contributed by atoms with E-state index in [1.54, 1.807) is 0 Å². The van der Waals surface area contributed by atoms with E-state index in [2.05, 4.69) is 31.0 Å². The van der Waals surface area contributed by atoms with Gasteiger partial charge in [-0.15, -0.1) is 0 Å². The van der Waals surface area contributed by atoms with Crippen LogP contribution in [0, 0.1) is 11.8 Å². The minimum Gasteiger partial charge on any atom is -0.314 e. The van der Waals surface area contributed by atoms with Crippen molar-refractivity contribution < 1.29 is 0 Å². The number of hydrogen-bond acceptors (Lipinski definition) is 2. The third-order valence-electron chi connectivity index (χ3n) is 5.20. The largest absolute Gasteiger partial charge is 0.314 e. The minimum atomic E-state index is 0.756. The zero-order chi connectivity index (χ0) is 12.3.